The third-order valence-corrected chi connectivity index (χ3v) is 6.59. The van der Waals surface area contributed by atoms with Gasteiger partial charge < -0.3 is 9.64 Å². The molecule has 3 atom stereocenters. The number of hydrogen-bond acceptors (Lipinski definition) is 6. The van der Waals surface area contributed by atoms with E-state index in [4.69, 9.17) is 9.94 Å². The first-order valence-corrected chi connectivity index (χ1v) is 10.5. The fourth-order valence-electron chi connectivity index (χ4n) is 3.35. The zero-order valence-corrected chi connectivity index (χ0v) is 17.6. The summed E-state index contributed by atoms with van der Waals surface area (Å²) in [7, 11) is -4.06. The van der Waals surface area contributed by atoms with Gasteiger partial charge in [0.05, 0.1) is 10.9 Å². The number of benzene rings is 1. The van der Waals surface area contributed by atoms with Crippen molar-refractivity contribution in [3.63, 3.8) is 0 Å². The van der Waals surface area contributed by atoms with Gasteiger partial charge in [-0.2, -0.15) is 4.31 Å². The molecule has 0 saturated carbocycles. The maximum atomic E-state index is 13.2. The average molecular weight is 423 g/mol. The lowest BCUT2D eigenvalue weighted by Crippen LogP contribution is -2.65. The molecule has 0 aromatic heterocycles. The molecule has 2 N–H and O–H groups in total. The van der Waals surface area contributed by atoms with Crippen molar-refractivity contribution in [1.29, 1.82) is 0 Å². The highest BCUT2D eigenvalue weighted by atomic mass is 32.2. The minimum absolute atomic E-state index is 0.0294. The number of piperazine rings is 1. The lowest BCUT2D eigenvalue weighted by molar-refractivity contribution is -0.142. The summed E-state index contributed by atoms with van der Waals surface area (Å²) in [6, 6.07) is 3.77. The lowest BCUT2D eigenvalue weighted by atomic mass is 10.0. The van der Waals surface area contributed by atoms with Gasteiger partial charge in [-0.15, -0.1) is 5.92 Å². The fourth-order valence-corrected chi connectivity index (χ4v) is 5.00. The Kier molecular flexibility index (Phi) is 7.24. The van der Waals surface area contributed by atoms with E-state index in [1.807, 2.05) is 0 Å². The maximum Gasteiger partial charge on any atom is 0.263 e. The minimum atomic E-state index is -4.06. The number of hydrogen-bond donors (Lipinski definition) is 2. The molecule has 2 rings (SSSR count). The highest BCUT2D eigenvalue weighted by molar-refractivity contribution is 7.89. The molecule has 10 heteroatoms. The summed E-state index contributed by atoms with van der Waals surface area (Å²) in [6.07, 6.45) is -0.347. The van der Waals surface area contributed by atoms with Crippen molar-refractivity contribution in [2.24, 2.45) is 0 Å². The van der Waals surface area contributed by atoms with Gasteiger partial charge in [0.2, 0.25) is 15.9 Å². The van der Waals surface area contributed by atoms with Gasteiger partial charge in [-0.3, -0.25) is 14.8 Å². The Balaban J connectivity index is 2.33. The van der Waals surface area contributed by atoms with E-state index in [1.54, 1.807) is 20.8 Å². The predicted octanol–water partition coefficient (Wildman–Crippen LogP) is 0.593. The highest BCUT2D eigenvalue weighted by Gasteiger charge is 2.45. The normalized spacial score (nSPS) is 20.9. The van der Waals surface area contributed by atoms with Crippen LogP contribution in [0.15, 0.2) is 29.2 Å². The van der Waals surface area contributed by atoms with Crippen molar-refractivity contribution in [3.05, 3.63) is 24.3 Å². The van der Waals surface area contributed by atoms with Crippen LogP contribution in [-0.2, 0) is 19.6 Å². The van der Waals surface area contributed by atoms with E-state index in [0.717, 1.165) is 4.31 Å². The van der Waals surface area contributed by atoms with E-state index in [2.05, 4.69) is 11.8 Å². The van der Waals surface area contributed by atoms with Crippen molar-refractivity contribution in [1.82, 2.24) is 14.7 Å². The predicted molar refractivity (Wildman–Crippen MR) is 104 cm³/mol. The topological polar surface area (TPSA) is 116 Å². The van der Waals surface area contributed by atoms with Crippen LogP contribution in [0.1, 0.15) is 27.7 Å². The number of carbonyl (C=O) groups excluding carboxylic acids is 2. The van der Waals surface area contributed by atoms with Crippen LogP contribution in [0.25, 0.3) is 0 Å². The van der Waals surface area contributed by atoms with Gasteiger partial charge in [-0.05, 0) is 45.0 Å². The Labute approximate surface area is 170 Å². The minimum Gasteiger partial charge on any atom is -0.478 e. The molecule has 1 aliphatic rings. The summed E-state index contributed by atoms with van der Waals surface area (Å²) < 4.78 is 32.9. The maximum absolute atomic E-state index is 13.2. The van der Waals surface area contributed by atoms with Crippen LogP contribution >= 0.6 is 0 Å². The summed E-state index contributed by atoms with van der Waals surface area (Å²) in [5.41, 5.74) is 1.50. The van der Waals surface area contributed by atoms with Crippen LogP contribution in [0.5, 0.6) is 5.75 Å². The Morgan fingerprint density at radius 2 is 1.90 bits per heavy atom. The van der Waals surface area contributed by atoms with Gasteiger partial charge >= 0.3 is 0 Å². The third kappa shape index (κ3) is 4.87. The zero-order chi connectivity index (χ0) is 21.8. The first-order chi connectivity index (χ1) is 13.6. The van der Waals surface area contributed by atoms with E-state index < -0.39 is 28.0 Å². The quantitative estimate of drug-likeness (QED) is 0.407. The van der Waals surface area contributed by atoms with Gasteiger partial charge in [-0.25, -0.2) is 13.9 Å². The molecule has 0 radical (unpaired) electrons. The molecule has 0 bridgehead atoms. The number of carbonyl (C=O) groups is 2. The van der Waals surface area contributed by atoms with Gasteiger partial charge in [0.1, 0.15) is 11.8 Å². The van der Waals surface area contributed by atoms with E-state index in [9.17, 15) is 18.0 Å². The van der Waals surface area contributed by atoms with Crippen LogP contribution in [0.4, 0.5) is 0 Å². The molecule has 158 valence electrons. The Bertz CT molecular complexity index is 920. The standard InChI is InChI=1S/C19H25N3O6S/c1-5-6-13(2)28-16-7-9-17(10-8-16)29(26,27)22-12-11-21(15(4)23)14(3)18(22)19(24)20-25/h7-10,13-14,18,25H,11-12H2,1-4H3,(H,20,24). The molecule has 0 spiro atoms. The Hall–Kier alpha value is -2.61. The molecule has 29 heavy (non-hydrogen) atoms. The fraction of sp³-hybridized carbons (Fsp3) is 0.474. The van der Waals surface area contributed by atoms with E-state index >= 15 is 0 Å². The van der Waals surface area contributed by atoms with Gasteiger partial charge in [0.25, 0.3) is 5.91 Å². The van der Waals surface area contributed by atoms with Gasteiger partial charge in [0, 0.05) is 20.0 Å². The molecule has 1 heterocycles. The van der Waals surface area contributed by atoms with Crippen molar-refractivity contribution in [2.45, 2.75) is 50.8 Å². The van der Waals surface area contributed by atoms with Gasteiger partial charge in [-0.1, -0.05) is 5.92 Å². The third-order valence-electron chi connectivity index (χ3n) is 4.69. The first-order valence-electron chi connectivity index (χ1n) is 9.05. The molecule has 1 aromatic rings. The van der Waals surface area contributed by atoms with Crippen LogP contribution in [0.3, 0.4) is 0 Å². The second-order valence-corrected chi connectivity index (χ2v) is 8.51. The number of rotatable bonds is 5. The van der Waals surface area contributed by atoms with Crippen LogP contribution in [-0.4, -0.2) is 65.9 Å². The molecule has 1 aromatic carbocycles. The summed E-state index contributed by atoms with van der Waals surface area (Å²) in [4.78, 5) is 25.4. The zero-order valence-electron chi connectivity index (χ0n) is 16.7. The number of sulfonamides is 1. The van der Waals surface area contributed by atoms with Crippen molar-refractivity contribution in [3.8, 4) is 17.6 Å². The Morgan fingerprint density at radius 3 is 2.41 bits per heavy atom. The summed E-state index contributed by atoms with van der Waals surface area (Å²) in [6.45, 7) is 6.44. The number of ether oxygens (including phenoxy) is 1. The second kappa shape index (κ2) is 9.26. The van der Waals surface area contributed by atoms with E-state index in [1.165, 1.54) is 41.6 Å². The van der Waals surface area contributed by atoms with E-state index in [-0.39, 0.29) is 30.0 Å². The Morgan fingerprint density at radius 1 is 1.28 bits per heavy atom. The molecular weight excluding hydrogens is 398 g/mol. The molecule has 1 aliphatic heterocycles. The van der Waals surface area contributed by atoms with Crippen molar-refractivity contribution >= 4 is 21.8 Å². The molecule has 9 nitrogen and oxygen atoms in total. The van der Waals surface area contributed by atoms with Crippen molar-refractivity contribution < 1.29 is 28.0 Å². The number of nitrogens with one attached hydrogen (secondary N) is 1. The molecule has 1 saturated heterocycles. The number of hydroxylamine groups is 1. The highest BCUT2D eigenvalue weighted by Crippen LogP contribution is 2.27. The number of nitrogens with zero attached hydrogens (tertiary/aromatic N) is 2. The van der Waals surface area contributed by atoms with Crippen LogP contribution < -0.4 is 10.2 Å². The SMILES string of the molecule is CC#CC(C)Oc1ccc(S(=O)(=O)N2CCN(C(C)=O)C(C)C2C(=O)NO)cc1. The second-order valence-electron chi connectivity index (χ2n) is 6.62. The van der Waals surface area contributed by atoms with Crippen molar-refractivity contribution in [2.75, 3.05) is 13.1 Å². The molecule has 3 unspecified atom stereocenters. The van der Waals surface area contributed by atoms with Crippen LogP contribution in [0.2, 0.25) is 0 Å². The van der Waals surface area contributed by atoms with E-state index in [0.29, 0.717) is 5.75 Å². The molecular formula is C19H25N3O6S. The monoisotopic (exact) mass is 423 g/mol. The summed E-state index contributed by atoms with van der Waals surface area (Å²) in [5.74, 6) is 4.85. The largest absolute Gasteiger partial charge is 0.478 e. The summed E-state index contributed by atoms with van der Waals surface area (Å²) in [5, 5.41) is 9.10. The first kappa shape index (κ1) is 22.7. The van der Waals surface area contributed by atoms with Gasteiger partial charge in [0.15, 0.2) is 6.10 Å². The summed E-state index contributed by atoms with van der Waals surface area (Å²) >= 11 is 0. The smallest absolute Gasteiger partial charge is 0.263 e. The number of amides is 2. The molecule has 0 aliphatic carbocycles. The lowest BCUT2D eigenvalue weighted by Gasteiger charge is -2.43. The van der Waals surface area contributed by atoms with Crippen LogP contribution in [0, 0.1) is 11.8 Å². The average Bonchev–Trinajstić information content (AvgIpc) is 2.67. The molecule has 1 fully saturated rings. The molecule has 2 amide bonds.